The molecular weight excluding hydrogens is 260 g/mol. The molecule has 2 rings (SSSR count). The molecule has 0 spiro atoms. The summed E-state index contributed by atoms with van der Waals surface area (Å²) >= 11 is 0. The predicted octanol–water partition coefficient (Wildman–Crippen LogP) is 3.71. The Bertz CT molecular complexity index is 661. The maximum absolute atomic E-state index is 12.0. The molecular formula is C18H24N2O. The fourth-order valence-corrected chi connectivity index (χ4v) is 2.14. The Morgan fingerprint density at radius 2 is 1.67 bits per heavy atom. The Morgan fingerprint density at radius 3 is 2.19 bits per heavy atom. The third-order valence-electron chi connectivity index (χ3n) is 3.61. The first-order valence-corrected chi connectivity index (χ1v) is 7.45. The molecule has 0 unspecified atom stereocenters. The summed E-state index contributed by atoms with van der Waals surface area (Å²) in [6.45, 7) is 11.2. The second kappa shape index (κ2) is 5.84. The zero-order valence-electron chi connectivity index (χ0n) is 13.6. The molecule has 112 valence electrons. The van der Waals surface area contributed by atoms with Crippen LogP contribution in [0.3, 0.4) is 0 Å². The molecule has 0 saturated carbocycles. The summed E-state index contributed by atoms with van der Waals surface area (Å²) < 4.78 is 1.55. The van der Waals surface area contributed by atoms with Crippen LogP contribution in [0.1, 0.15) is 57.4 Å². The van der Waals surface area contributed by atoms with Crippen LogP contribution in [0.4, 0.5) is 0 Å². The van der Waals surface area contributed by atoms with Crippen molar-refractivity contribution >= 4 is 0 Å². The van der Waals surface area contributed by atoms with Crippen LogP contribution in [0.15, 0.2) is 41.2 Å². The molecule has 0 saturated heterocycles. The number of hydrogen-bond donors (Lipinski definition) is 0. The van der Waals surface area contributed by atoms with Crippen molar-refractivity contribution in [1.82, 2.24) is 9.78 Å². The third kappa shape index (κ3) is 3.81. The van der Waals surface area contributed by atoms with Gasteiger partial charge in [-0.2, -0.15) is 5.10 Å². The molecule has 1 aromatic heterocycles. The highest BCUT2D eigenvalue weighted by Gasteiger charge is 2.16. The summed E-state index contributed by atoms with van der Waals surface area (Å²) in [5, 5.41) is 4.50. The van der Waals surface area contributed by atoms with E-state index in [1.54, 1.807) is 10.7 Å². The van der Waals surface area contributed by atoms with E-state index in [4.69, 9.17) is 0 Å². The van der Waals surface area contributed by atoms with E-state index >= 15 is 0 Å². The first kappa shape index (κ1) is 15.5. The Balaban J connectivity index is 2.28. The molecule has 0 aliphatic carbocycles. The smallest absolute Gasteiger partial charge is 0.267 e. The summed E-state index contributed by atoms with van der Waals surface area (Å²) in [5.41, 5.74) is 3.22. The minimum Gasteiger partial charge on any atom is -0.268 e. The Kier molecular flexibility index (Phi) is 4.31. The van der Waals surface area contributed by atoms with Gasteiger partial charge in [-0.25, -0.2) is 4.68 Å². The van der Waals surface area contributed by atoms with Crippen molar-refractivity contribution in [1.29, 1.82) is 0 Å². The summed E-state index contributed by atoms with van der Waals surface area (Å²) in [6.07, 6.45) is 0. The van der Waals surface area contributed by atoms with Gasteiger partial charge in [0, 0.05) is 11.5 Å². The van der Waals surface area contributed by atoms with Crippen LogP contribution in [0.2, 0.25) is 0 Å². The number of hydrogen-bond acceptors (Lipinski definition) is 2. The van der Waals surface area contributed by atoms with Crippen molar-refractivity contribution in [2.75, 3.05) is 0 Å². The summed E-state index contributed by atoms with van der Waals surface area (Å²) in [4.78, 5) is 12.0. The van der Waals surface area contributed by atoms with Crippen LogP contribution >= 0.6 is 0 Å². The largest absolute Gasteiger partial charge is 0.268 e. The minimum atomic E-state index is -0.0593. The molecule has 3 heteroatoms. The van der Waals surface area contributed by atoms with E-state index in [0.717, 1.165) is 11.3 Å². The molecule has 21 heavy (non-hydrogen) atoms. The Morgan fingerprint density at radius 1 is 1.05 bits per heavy atom. The van der Waals surface area contributed by atoms with Crippen molar-refractivity contribution in [2.45, 2.75) is 52.5 Å². The molecule has 0 radical (unpaired) electrons. The number of benzene rings is 1. The van der Waals surface area contributed by atoms with Gasteiger partial charge in [-0.1, -0.05) is 58.9 Å². The van der Waals surface area contributed by atoms with Crippen LogP contribution in [0, 0.1) is 0 Å². The lowest BCUT2D eigenvalue weighted by atomic mass is 9.92. The van der Waals surface area contributed by atoms with Crippen LogP contribution in [0.5, 0.6) is 0 Å². The highest BCUT2D eigenvalue weighted by Crippen LogP contribution is 2.18. The van der Waals surface area contributed by atoms with Crippen molar-refractivity contribution in [3.05, 3.63) is 63.6 Å². The monoisotopic (exact) mass is 284 g/mol. The molecule has 0 aliphatic rings. The second-order valence-electron chi connectivity index (χ2n) is 6.86. The van der Waals surface area contributed by atoms with E-state index in [1.165, 1.54) is 5.56 Å². The van der Waals surface area contributed by atoms with Crippen molar-refractivity contribution in [3.63, 3.8) is 0 Å². The van der Waals surface area contributed by atoms with Gasteiger partial charge in [0.1, 0.15) is 0 Å². The van der Waals surface area contributed by atoms with E-state index in [1.807, 2.05) is 6.07 Å². The summed E-state index contributed by atoms with van der Waals surface area (Å²) in [5.74, 6) is 0.518. The average molecular weight is 284 g/mol. The minimum absolute atomic E-state index is 0.0586. The molecule has 0 atom stereocenters. The van der Waals surface area contributed by atoms with Gasteiger partial charge >= 0.3 is 0 Å². The lowest BCUT2D eigenvalue weighted by Gasteiger charge is -2.18. The SMILES string of the molecule is CC(C)c1ccc(Cn2nc(C(C)(C)C)ccc2=O)cc1. The second-order valence-corrected chi connectivity index (χ2v) is 6.86. The predicted molar refractivity (Wildman–Crippen MR) is 86.8 cm³/mol. The fourth-order valence-electron chi connectivity index (χ4n) is 2.14. The van der Waals surface area contributed by atoms with Gasteiger partial charge in [-0.3, -0.25) is 4.79 Å². The molecule has 2 aromatic rings. The van der Waals surface area contributed by atoms with E-state index in [-0.39, 0.29) is 11.0 Å². The molecule has 0 amide bonds. The average Bonchev–Trinajstić information content (AvgIpc) is 2.40. The van der Waals surface area contributed by atoms with Gasteiger partial charge in [-0.15, -0.1) is 0 Å². The number of nitrogens with zero attached hydrogens (tertiary/aromatic N) is 2. The van der Waals surface area contributed by atoms with Gasteiger partial charge in [0.25, 0.3) is 5.56 Å². The first-order chi connectivity index (χ1) is 9.77. The lowest BCUT2D eigenvalue weighted by molar-refractivity contribution is 0.517. The summed E-state index contributed by atoms with van der Waals surface area (Å²) in [7, 11) is 0. The zero-order valence-corrected chi connectivity index (χ0v) is 13.6. The quantitative estimate of drug-likeness (QED) is 0.861. The van der Waals surface area contributed by atoms with E-state index in [9.17, 15) is 4.79 Å². The maximum Gasteiger partial charge on any atom is 0.267 e. The normalized spacial score (nSPS) is 11.9. The van der Waals surface area contributed by atoms with Crippen molar-refractivity contribution < 1.29 is 0 Å². The van der Waals surface area contributed by atoms with E-state index in [0.29, 0.717) is 12.5 Å². The van der Waals surface area contributed by atoms with Crippen LogP contribution in [0.25, 0.3) is 0 Å². The molecule has 0 bridgehead atoms. The van der Waals surface area contributed by atoms with Gasteiger partial charge in [0.05, 0.1) is 12.2 Å². The van der Waals surface area contributed by atoms with Crippen LogP contribution < -0.4 is 5.56 Å². The van der Waals surface area contributed by atoms with Crippen LogP contribution in [-0.4, -0.2) is 9.78 Å². The van der Waals surface area contributed by atoms with Crippen molar-refractivity contribution in [2.24, 2.45) is 0 Å². The van der Waals surface area contributed by atoms with Gasteiger partial charge < -0.3 is 0 Å². The molecule has 3 nitrogen and oxygen atoms in total. The summed E-state index contributed by atoms with van der Waals surface area (Å²) in [6, 6.07) is 11.8. The maximum atomic E-state index is 12.0. The fraction of sp³-hybridized carbons (Fsp3) is 0.444. The standard InChI is InChI=1S/C18H24N2O/c1-13(2)15-8-6-14(7-9-15)12-20-17(21)11-10-16(19-20)18(3,4)5/h6-11,13H,12H2,1-5H3. The van der Waals surface area contributed by atoms with Gasteiger partial charge in [-0.05, 0) is 23.1 Å². The van der Waals surface area contributed by atoms with Gasteiger partial charge in [0.2, 0.25) is 0 Å². The molecule has 1 heterocycles. The van der Waals surface area contributed by atoms with E-state index < -0.39 is 0 Å². The third-order valence-corrected chi connectivity index (χ3v) is 3.61. The molecule has 0 aliphatic heterocycles. The molecule has 1 aromatic carbocycles. The highest BCUT2D eigenvalue weighted by atomic mass is 16.1. The zero-order chi connectivity index (χ0) is 15.6. The Hall–Kier alpha value is -1.90. The first-order valence-electron chi connectivity index (χ1n) is 7.45. The highest BCUT2D eigenvalue weighted by molar-refractivity contribution is 5.25. The van der Waals surface area contributed by atoms with Crippen molar-refractivity contribution in [3.8, 4) is 0 Å². The molecule has 0 fully saturated rings. The number of rotatable bonds is 3. The van der Waals surface area contributed by atoms with E-state index in [2.05, 4.69) is 64.0 Å². The topological polar surface area (TPSA) is 34.9 Å². The lowest BCUT2D eigenvalue weighted by Crippen LogP contribution is -2.27. The van der Waals surface area contributed by atoms with Crippen LogP contribution in [-0.2, 0) is 12.0 Å². The van der Waals surface area contributed by atoms with Gasteiger partial charge in [0.15, 0.2) is 0 Å². The Labute approximate surface area is 126 Å². The molecule has 0 N–H and O–H groups in total. The number of aromatic nitrogens is 2.